The number of carbonyl (C=O) groups is 2. The number of amides is 1. The van der Waals surface area contributed by atoms with Crippen LogP contribution in [0.15, 0.2) is 53.3 Å². The number of rotatable bonds is 4. The van der Waals surface area contributed by atoms with Crippen LogP contribution in [0.4, 0.5) is 5.69 Å². The monoisotopic (exact) mass is 383 g/mol. The van der Waals surface area contributed by atoms with Crippen molar-refractivity contribution in [3.8, 4) is 0 Å². The number of aromatic nitrogens is 1. The second-order valence-corrected chi connectivity index (χ2v) is 6.78. The number of carbonyl (C=O) groups excluding carboxylic acids is 2. The van der Waals surface area contributed by atoms with Crippen molar-refractivity contribution in [2.45, 2.75) is 6.92 Å². The summed E-state index contributed by atoms with van der Waals surface area (Å²) in [5, 5.41) is 1.04. The molecule has 1 N–H and O–H groups in total. The largest absolute Gasteiger partial charge is 0.378 e. The Kier molecular flexibility index (Phi) is 5.01. The normalized spacial score (nSPS) is 10.7. The minimum Gasteiger partial charge on any atom is -0.378 e. The van der Waals surface area contributed by atoms with E-state index in [1.165, 1.54) is 13.0 Å². The van der Waals surface area contributed by atoms with Crippen LogP contribution in [0.2, 0.25) is 5.02 Å². The number of nitrogens with zero attached hydrogens (tertiary/aromatic N) is 2. The number of hydrogen-bond donors (Lipinski definition) is 1. The van der Waals surface area contributed by atoms with Crippen molar-refractivity contribution < 1.29 is 9.59 Å². The molecule has 0 radical (unpaired) electrons. The van der Waals surface area contributed by atoms with Gasteiger partial charge < -0.3 is 4.90 Å². The minimum absolute atomic E-state index is 0.0203. The smallest absolute Gasteiger partial charge is 0.280 e. The van der Waals surface area contributed by atoms with Crippen molar-refractivity contribution in [1.82, 2.24) is 4.68 Å². The van der Waals surface area contributed by atoms with Crippen molar-refractivity contribution >= 4 is 39.9 Å². The van der Waals surface area contributed by atoms with Crippen molar-refractivity contribution in [3.63, 3.8) is 0 Å². The van der Waals surface area contributed by atoms with Gasteiger partial charge in [-0.3, -0.25) is 19.8 Å². The van der Waals surface area contributed by atoms with E-state index < -0.39 is 11.5 Å². The number of nitrogens with one attached hydrogen (secondary N) is 1. The lowest BCUT2D eigenvalue weighted by Gasteiger charge is -2.15. The fourth-order valence-corrected chi connectivity index (χ4v) is 2.91. The predicted octanol–water partition coefficient (Wildman–Crippen LogP) is 3.31. The molecule has 0 atom stereocenters. The number of benzene rings is 2. The van der Waals surface area contributed by atoms with Crippen LogP contribution >= 0.6 is 11.6 Å². The number of Topliss-reactive ketones (excluding diaryl/α,β-unsaturated/α-hetero) is 1. The van der Waals surface area contributed by atoms with Crippen LogP contribution < -0.4 is 15.9 Å². The molecule has 0 saturated heterocycles. The van der Waals surface area contributed by atoms with Gasteiger partial charge in [0.25, 0.3) is 11.5 Å². The van der Waals surface area contributed by atoms with Crippen molar-refractivity contribution in [2.24, 2.45) is 0 Å². The molecule has 6 nitrogen and oxygen atoms in total. The molecule has 3 rings (SSSR count). The van der Waals surface area contributed by atoms with Gasteiger partial charge in [0.05, 0.1) is 11.1 Å². The van der Waals surface area contributed by atoms with Crippen LogP contribution in [0.5, 0.6) is 0 Å². The summed E-state index contributed by atoms with van der Waals surface area (Å²) in [4.78, 5) is 39.1. The second kappa shape index (κ2) is 7.25. The van der Waals surface area contributed by atoms with Gasteiger partial charge in [-0.2, -0.15) is 0 Å². The Morgan fingerprint density at radius 2 is 1.70 bits per heavy atom. The fraction of sp³-hybridized carbons (Fsp3) is 0.150. The maximum Gasteiger partial charge on any atom is 0.280 e. The maximum absolute atomic E-state index is 12.7. The molecular formula is C20H18ClN3O3. The van der Waals surface area contributed by atoms with E-state index in [4.69, 9.17) is 11.6 Å². The lowest BCUT2D eigenvalue weighted by Crippen LogP contribution is -2.35. The van der Waals surface area contributed by atoms with Gasteiger partial charge in [0.2, 0.25) is 0 Å². The van der Waals surface area contributed by atoms with Gasteiger partial charge in [-0.25, -0.2) is 4.68 Å². The zero-order chi connectivity index (χ0) is 19.7. The second-order valence-electron chi connectivity index (χ2n) is 6.34. The van der Waals surface area contributed by atoms with Crippen LogP contribution in [0.1, 0.15) is 27.6 Å². The first kappa shape index (κ1) is 18.7. The molecule has 1 heterocycles. The van der Waals surface area contributed by atoms with E-state index in [2.05, 4.69) is 5.43 Å². The van der Waals surface area contributed by atoms with E-state index in [1.807, 2.05) is 31.1 Å². The van der Waals surface area contributed by atoms with Crippen LogP contribution in [0.3, 0.4) is 0 Å². The number of hydrogen-bond acceptors (Lipinski definition) is 4. The minimum atomic E-state index is -0.587. The first-order valence-electron chi connectivity index (χ1n) is 8.23. The highest BCUT2D eigenvalue weighted by Crippen LogP contribution is 2.19. The molecule has 0 bridgehead atoms. The highest BCUT2D eigenvalue weighted by molar-refractivity contribution is 6.31. The summed E-state index contributed by atoms with van der Waals surface area (Å²) >= 11 is 6.02. The molecule has 0 aliphatic heterocycles. The van der Waals surface area contributed by atoms with E-state index in [-0.39, 0.29) is 11.3 Å². The first-order valence-corrected chi connectivity index (χ1v) is 8.60. The Morgan fingerprint density at radius 3 is 2.30 bits per heavy atom. The van der Waals surface area contributed by atoms with Crippen molar-refractivity contribution in [2.75, 3.05) is 24.4 Å². The lowest BCUT2D eigenvalue weighted by molar-refractivity contribution is 0.0995. The Labute approximate surface area is 160 Å². The third-order valence-electron chi connectivity index (χ3n) is 4.20. The number of fused-ring (bicyclic) bond motifs is 1. The number of ketones is 1. The molecule has 0 unspecified atom stereocenters. The zero-order valence-corrected chi connectivity index (χ0v) is 15.9. The molecule has 2 aromatic carbocycles. The lowest BCUT2D eigenvalue weighted by atomic mass is 10.1. The summed E-state index contributed by atoms with van der Waals surface area (Å²) < 4.78 is 1.09. The molecule has 0 aliphatic rings. The van der Waals surface area contributed by atoms with Gasteiger partial charge in [-0.1, -0.05) is 11.6 Å². The summed E-state index contributed by atoms with van der Waals surface area (Å²) in [6, 6.07) is 13.3. The van der Waals surface area contributed by atoms with E-state index in [0.29, 0.717) is 21.5 Å². The standard InChI is InChI=1S/C20H18ClN3O3/c1-12(25)17-11-14-10-15(21)6-9-18(14)24(20(17)27)22-19(26)13-4-7-16(8-5-13)23(2)3/h4-11H,1-3H3,(H,22,26). The Morgan fingerprint density at radius 1 is 1.04 bits per heavy atom. The summed E-state index contributed by atoms with van der Waals surface area (Å²) in [6.45, 7) is 1.30. The summed E-state index contributed by atoms with van der Waals surface area (Å²) in [5.41, 5.74) is 3.77. The average Bonchev–Trinajstić information content (AvgIpc) is 2.63. The van der Waals surface area contributed by atoms with E-state index in [1.54, 1.807) is 30.3 Å². The zero-order valence-electron chi connectivity index (χ0n) is 15.1. The quantitative estimate of drug-likeness (QED) is 0.701. The van der Waals surface area contributed by atoms with Crippen LogP contribution in [0.25, 0.3) is 10.9 Å². The first-order chi connectivity index (χ1) is 12.8. The van der Waals surface area contributed by atoms with Gasteiger partial charge in [0.1, 0.15) is 0 Å². The highest BCUT2D eigenvalue weighted by atomic mass is 35.5. The van der Waals surface area contributed by atoms with E-state index >= 15 is 0 Å². The SMILES string of the molecule is CC(=O)c1cc2cc(Cl)ccc2n(NC(=O)c2ccc(N(C)C)cc2)c1=O. The molecular weight excluding hydrogens is 366 g/mol. The molecule has 7 heteroatoms. The van der Waals surface area contributed by atoms with Gasteiger partial charge in [-0.05, 0) is 55.5 Å². The topological polar surface area (TPSA) is 71.4 Å². The number of pyridine rings is 1. The van der Waals surface area contributed by atoms with E-state index in [0.717, 1.165) is 10.4 Å². The van der Waals surface area contributed by atoms with Gasteiger partial charge in [0, 0.05) is 35.8 Å². The molecule has 3 aromatic rings. The molecule has 1 aromatic heterocycles. The molecule has 1 amide bonds. The molecule has 138 valence electrons. The third kappa shape index (κ3) is 3.71. The maximum atomic E-state index is 12.7. The van der Waals surface area contributed by atoms with Crippen LogP contribution in [-0.4, -0.2) is 30.5 Å². The average molecular weight is 384 g/mol. The molecule has 0 fully saturated rings. The summed E-state index contributed by atoms with van der Waals surface area (Å²) in [5.74, 6) is -0.848. The Balaban J connectivity index is 2.07. The van der Waals surface area contributed by atoms with Crippen molar-refractivity contribution in [1.29, 1.82) is 0 Å². The summed E-state index contributed by atoms with van der Waals surface area (Å²) in [7, 11) is 3.80. The predicted molar refractivity (Wildman–Crippen MR) is 108 cm³/mol. The third-order valence-corrected chi connectivity index (χ3v) is 4.44. The molecule has 0 aliphatic carbocycles. The molecule has 27 heavy (non-hydrogen) atoms. The Bertz CT molecular complexity index is 1100. The molecule has 0 saturated carbocycles. The van der Waals surface area contributed by atoms with Gasteiger partial charge in [-0.15, -0.1) is 0 Å². The highest BCUT2D eigenvalue weighted by Gasteiger charge is 2.15. The number of anilines is 1. The van der Waals surface area contributed by atoms with Crippen LogP contribution in [0, 0.1) is 0 Å². The Hall–Kier alpha value is -3.12. The number of halogens is 1. The van der Waals surface area contributed by atoms with Crippen molar-refractivity contribution in [3.05, 3.63) is 75.0 Å². The fourth-order valence-electron chi connectivity index (χ4n) is 2.73. The van der Waals surface area contributed by atoms with Gasteiger partial charge in [0.15, 0.2) is 5.78 Å². The molecule has 0 spiro atoms. The van der Waals surface area contributed by atoms with Crippen LogP contribution in [-0.2, 0) is 0 Å². The summed E-state index contributed by atoms with van der Waals surface area (Å²) in [6.07, 6.45) is 0. The van der Waals surface area contributed by atoms with Gasteiger partial charge >= 0.3 is 0 Å². The van der Waals surface area contributed by atoms with E-state index in [9.17, 15) is 14.4 Å².